The van der Waals surface area contributed by atoms with Gasteiger partial charge in [0.15, 0.2) is 0 Å². The average Bonchev–Trinajstić information content (AvgIpc) is 2.41. The average molecular weight is 276 g/mol. The first-order chi connectivity index (χ1) is 9.16. The lowest BCUT2D eigenvalue weighted by molar-refractivity contribution is 0.0955. The SMILES string of the molecule is O=C(N/N=C/c1ccc(O)cc1)c1cccnc1Cl. The quantitative estimate of drug-likeness (QED) is 0.512. The molecular weight excluding hydrogens is 266 g/mol. The molecule has 96 valence electrons. The predicted octanol–water partition coefficient (Wildman–Crippen LogP) is 2.20. The van der Waals surface area contributed by atoms with E-state index >= 15 is 0 Å². The number of aromatic hydroxyl groups is 1. The number of benzene rings is 1. The molecule has 2 N–H and O–H groups in total. The maximum absolute atomic E-state index is 11.7. The van der Waals surface area contributed by atoms with E-state index in [4.69, 9.17) is 16.7 Å². The summed E-state index contributed by atoms with van der Waals surface area (Å²) in [5, 5.41) is 13.0. The Balaban J connectivity index is 2.01. The number of hydrazone groups is 1. The van der Waals surface area contributed by atoms with Crippen LogP contribution < -0.4 is 5.43 Å². The smallest absolute Gasteiger partial charge is 0.274 e. The third kappa shape index (κ3) is 3.53. The Bertz CT molecular complexity index is 612. The molecule has 0 aliphatic heterocycles. The molecule has 2 aromatic rings. The first-order valence-corrected chi connectivity index (χ1v) is 5.77. The van der Waals surface area contributed by atoms with E-state index in [0.29, 0.717) is 0 Å². The Labute approximate surface area is 114 Å². The maximum Gasteiger partial charge on any atom is 0.274 e. The number of pyridine rings is 1. The van der Waals surface area contributed by atoms with E-state index in [1.807, 2.05) is 0 Å². The molecule has 0 fully saturated rings. The number of rotatable bonds is 3. The van der Waals surface area contributed by atoms with Crippen LogP contribution in [0.5, 0.6) is 5.75 Å². The summed E-state index contributed by atoms with van der Waals surface area (Å²) in [4.78, 5) is 15.5. The minimum atomic E-state index is -0.437. The summed E-state index contributed by atoms with van der Waals surface area (Å²) < 4.78 is 0. The van der Waals surface area contributed by atoms with Gasteiger partial charge in [-0.25, -0.2) is 10.4 Å². The van der Waals surface area contributed by atoms with E-state index in [2.05, 4.69) is 15.5 Å². The molecule has 0 aliphatic carbocycles. The number of amides is 1. The second-order valence-electron chi connectivity index (χ2n) is 3.63. The van der Waals surface area contributed by atoms with Crippen LogP contribution in [0.15, 0.2) is 47.7 Å². The third-order valence-corrected chi connectivity index (χ3v) is 2.58. The van der Waals surface area contributed by atoms with Crippen molar-refractivity contribution in [1.29, 1.82) is 0 Å². The van der Waals surface area contributed by atoms with Crippen molar-refractivity contribution in [3.63, 3.8) is 0 Å². The molecule has 0 atom stereocenters. The zero-order chi connectivity index (χ0) is 13.7. The summed E-state index contributed by atoms with van der Waals surface area (Å²) in [6.07, 6.45) is 2.96. The molecular formula is C13H10ClN3O2. The Hall–Kier alpha value is -2.40. The van der Waals surface area contributed by atoms with Crippen LogP contribution in [0.2, 0.25) is 5.15 Å². The molecule has 1 aromatic heterocycles. The molecule has 1 amide bonds. The number of hydrogen-bond acceptors (Lipinski definition) is 4. The molecule has 19 heavy (non-hydrogen) atoms. The minimum absolute atomic E-state index is 0.125. The van der Waals surface area contributed by atoms with Crippen LogP contribution in [0, 0.1) is 0 Å². The zero-order valence-corrected chi connectivity index (χ0v) is 10.5. The van der Waals surface area contributed by atoms with Crippen molar-refractivity contribution in [3.05, 3.63) is 58.9 Å². The van der Waals surface area contributed by atoms with Crippen LogP contribution in [0.1, 0.15) is 15.9 Å². The topological polar surface area (TPSA) is 74.6 Å². The van der Waals surface area contributed by atoms with Gasteiger partial charge in [0, 0.05) is 6.20 Å². The van der Waals surface area contributed by atoms with Gasteiger partial charge < -0.3 is 5.11 Å². The molecule has 0 aliphatic rings. The Morgan fingerprint density at radius 1 is 1.32 bits per heavy atom. The number of carbonyl (C=O) groups is 1. The maximum atomic E-state index is 11.7. The highest BCUT2D eigenvalue weighted by Gasteiger charge is 2.08. The zero-order valence-electron chi connectivity index (χ0n) is 9.75. The number of halogens is 1. The number of phenolic OH excluding ortho intramolecular Hbond substituents is 1. The van der Waals surface area contributed by atoms with Crippen molar-refractivity contribution in [2.75, 3.05) is 0 Å². The molecule has 0 radical (unpaired) electrons. The Kier molecular flexibility index (Phi) is 4.10. The molecule has 5 nitrogen and oxygen atoms in total. The summed E-state index contributed by atoms with van der Waals surface area (Å²) in [7, 11) is 0. The van der Waals surface area contributed by atoms with Crippen LogP contribution >= 0.6 is 11.6 Å². The summed E-state index contributed by atoms with van der Waals surface area (Å²) in [6.45, 7) is 0. The van der Waals surface area contributed by atoms with Gasteiger partial charge in [0.05, 0.1) is 11.8 Å². The number of carbonyl (C=O) groups excluding carboxylic acids is 1. The molecule has 1 heterocycles. The fourth-order valence-corrected chi connectivity index (χ4v) is 1.55. The summed E-state index contributed by atoms with van der Waals surface area (Å²) in [5.41, 5.74) is 3.35. The first kappa shape index (κ1) is 13.0. The summed E-state index contributed by atoms with van der Waals surface area (Å²) in [6, 6.07) is 9.57. The molecule has 0 unspecified atom stereocenters. The molecule has 0 bridgehead atoms. The van der Waals surface area contributed by atoms with Gasteiger partial charge in [0.25, 0.3) is 5.91 Å². The van der Waals surface area contributed by atoms with Gasteiger partial charge in [-0.2, -0.15) is 5.10 Å². The van der Waals surface area contributed by atoms with Gasteiger partial charge in [-0.1, -0.05) is 11.6 Å². The largest absolute Gasteiger partial charge is 0.508 e. The van der Waals surface area contributed by atoms with Crippen LogP contribution in [-0.4, -0.2) is 22.2 Å². The van der Waals surface area contributed by atoms with Crippen LogP contribution in [0.4, 0.5) is 0 Å². The summed E-state index contributed by atoms with van der Waals surface area (Å²) in [5.74, 6) is -0.267. The highest BCUT2D eigenvalue weighted by molar-refractivity contribution is 6.32. The molecule has 0 saturated heterocycles. The standard InChI is InChI=1S/C13H10ClN3O2/c14-12-11(2-1-7-15-12)13(19)17-16-8-9-3-5-10(18)6-4-9/h1-8,18H,(H,17,19)/b16-8+. The number of hydrogen-bond donors (Lipinski definition) is 2. The molecule has 1 aromatic carbocycles. The lowest BCUT2D eigenvalue weighted by Gasteiger charge is -2.00. The van der Waals surface area contributed by atoms with Crippen LogP contribution in [-0.2, 0) is 0 Å². The monoisotopic (exact) mass is 275 g/mol. The highest BCUT2D eigenvalue weighted by Crippen LogP contribution is 2.11. The second-order valence-corrected chi connectivity index (χ2v) is 3.99. The molecule has 0 saturated carbocycles. The second kappa shape index (κ2) is 5.97. The van der Waals surface area contributed by atoms with Crippen LogP contribution in [0.3, 0.4) is 0 Å². The highest BCUT2D eigenvalue weighted by atomic mass is 35.5. The lowest BCUT2D eigenvalue weighted by Crippen LogP contribution is -2.18. The van der Waals surface area contributed by atoms with Crippen molar-refractivity contribution in [3.8, 4) is 5.75 Å². The van der Waals surface area contributed by atoms with Gasteiger partial charge >= 0.3 is 0 Å². The molecule has 6 heteroatoms. The number of nitrogens with one attached hydrogen (secondary N) is 1. The van der Waals surface area contributed by atoms with E-state index in [0.717, 1.165) is 5.56 Å². The normalized spacial score (nSPS) is 10.6. The minimum Gasteiger partial charge on any atom is -0.508 e. The van der Waals surface area contributed by atoms with Crippen molar-refractivity contribution in [2.24, 2.45) is 5.10 Å². The Morgan fingerprint density at radius 3 is 2.74 bits per heavy atom. The van der Waals surface area contributed by atoms with Gasteiger partial charge in [-0.3, -0.25) is 4.79 Å². The van der Waals surface area contributed by atoms with E-state index in [9.17, 15) is 4.79 Å². The van der Waals surface area contributed by atoms with Crippen LogP contribution in [0.25, 0.3) is 0 Å². The number of phenols is 1. The summed E-state index contributed by atoms with van der Waals surface area (Å²) >= 11 is 5.78. The van der Waals surface area contributed by atoms with E-state index in [1.165, 1.54) is 24.5 Å². The van der Waals surface area contributed by atoms with E-state index in [1.54, 1.807) is 24.3 Å². The molecule has 0 spiro atoms. The number of nitrogens with zero attached hydrogens (tertiary/aromatic N) is 2. The van der Waals surface area contributed by atoms with Gasteiger partial charge in [-0.15, -0.1) is 0 Å². The lowest BCUT2D eigenvalue weighted by atomic mass is 10.2. The predicted molar refractivity (Wildman–Crippen MR) is 72.4 cm³/mol. The third-order valence-electron chi connectivity index (χ3n) is 2.28. The van der Waals surface area contributed by atoms with E-state index in [-0.39, 0.29) is 16.5 Å². The number of aromatic nitrogens is 1. The first-order valence-electron chi connectivity index (χ1n) is 5.40. The fraction of sp³-hybridized carbons (Fsp3) is 0. The Morgan fingerprint density at radius 2 is 2.05 bits per heavy atom. The van der Waals surface area contributed by atoms with Gasteiger partial charge in [-0.05, 0) is 42.0 Å². The van der Waals surface area contributed by atoms with Crippen molar-refractivity contribution in [2.45, 2.75) is 0 Å². The van der Waals surface area contributed by atoms with Crippen molar-refractivity contribution < 1.29 is 9.90 Å². The molecule has 2 rings (SSSR count). The van der Waals surface area contributed by atoms with Crippen molar-refractivity contribution >= 4 is 23.7 Å². The van der Waals surface area contributed by atoms with E-state index < -0.39 is 5.91 Å². The van der Waals surface area contributed by atoms with Crippen molar-refractivity contribution in [1.82, 2.24) is 10.4 Å². The van der Waals surface area contributed by atoms with Gasteiger partial charge in [0.1, 0.15) is 10.9 Å². The fourth-order valence-electron chi connectivity index (χ4n) is 1.34. The van der Waals surface area contributed by atoms with Gasteiger partial charge in [0.2, 0.25) is 0 Å².